The van der Waals surface area contributed by atoms with Crippen molar-refractivity contribution in [1.29, 1.82) is 0 Å². The lowest BCUT2D eigenvalue weighted by Gasteiger charge is -2.40. The molecule has 6 nitrogen and oxygen atoms in total. The highest BCUT2D eigenvalue weighted by molar-refractivity contribution is 6.74. The minimum absolute atomic E-state index is 0.0251. The third-order valence-corrected chi connectivity index (χ3v) is 10.6. The first-order chi connectivity index (χ1) is 15.6. The number of hydrogen-bond donors (Lipinski definition) is 1. The molecule has 0 radical (unpaired) electrons. The van der Waals surface area contributed by atoms with Gasteiger partial charge >= 0.3 is 5.97 Å². The van der Waals surface area contributed by atoms with Gasteiger partial charge in [-0.3, -0.25) is 0 Å². The van der Waals surface area contributed by atoms with E-state index in [1.54, 1.807) is 0 Å². The van der Waals surface area contributed by atoms with Crippen LogP contribution >= 0.6 is 0 Å². The van der Waals surface area contributed by atoms with Gasteiger partial charge in [-0.1, -0.05) is 81.4 Å². The molecule has 7 heteroatoms. The van der Waals surface area contributed by atoms with Crippen molar-refractivity contribution >= 4 is 14.3 Å². The molecule has 2 aromatic rings. The normalized spacial score (nSPS) is 17.6. The van der Waals surface area contributed by atoms with E-state index in [0.29, 0.717) is 0 Å². The fourth-order valence-electron chi connectivity index (χ4n) is 3.19. The Balaban J connectivity index is 1.87. The largest absolute Gasteiger partial charge is 0.485 e. The van der Waals surface area contributed by atoms with Crippen molar-refractivity contribution < 1.29 is 28.5 Å². The minimum atomic E-state index is -2.26. The Morgan fingerprint density at radius 3 is 1.94 bits per heavy atom. The molecule has 3 rings (SSSR count). The zero-order chi connectivity index (χ0) is 24.1. The highest BCUT2D eigenvalue weighted by Crippen LogP contribution is 2.39. The van der Waals surface area contributed by atoms with Gasteiger partial charge < -0.3 is 23.7 Å². The molecule has 1 heterocycles. The number of carbonyl (C=O) groups is 1. The molecular formula is C26H34O6Si. The van der Waals surface area contributed by atoms with E-state index in [2.05, 4.69) is 33.9 Å². The van der Waals surface area contributed by atoms with E-state index >= 15 is 0 Å². The average molecular weight is 471 g/mol. The Kier molecular flexibility index (Phi) is 7.99. The summed E-state index contributed by atoms with van der Waals surface area (Å²) in [6.07, 6.45) is -1.63. The number of carbonyl (C=O) groups excluding carboxylic acids is 1. The van der Waals surface area contributed by atoms with E-state index in [0.717, 1.165) is 11.1 Å². The molecule has 33 heavy (non-hydrogen) atoms. The summed E-state index contributed by atoms with van der Waals surface area (Å²) >= 11 is 0. The number of benzene rings is 2. The molecule has 0 unspecified atom stereocenters. The van der Waals surface area contributed by atoms with Crippen LogP contribution in [0, 0.1) is 0 Å². The Morgan fingerprint density at radius 1 is 0.939 bits per heavy atom. The number of aliphatic hydroxyl groups excluding tert-OH is 1. The summed E-state index contributed by atoms with van der Waals surface area (Å²) in [7, 11) is -2.26. The van der Waals surface area contributed by atoms with E-state index in [4.69, 9.17) is 18.6 Å². The first kappa shape index (κ1) is 25.0. The molecule has 1 N–H and O–H groups in total. The fraction of sp³-hybridized carbons (Fsp3) is 0.423. The molecule has 0 spiro atoms. The smallest absolute Gasteiger partial charge is 0.378 e. The number of cyclic esters (lactones) is 1. The highest BCUT2D eigenvalue weighted by atomic mass is 28.4. The Labute approximate surface area is 197 Å². The number of esters is 1. The molecule has 0 fully saturated rings. The summed E-state index contributed by atoms with van der Waals surface area (Å²) < 4.78 is 24.0. The van der Waals surface area contributed by atoms with Crippen molar-refractivity contribution in [2.24, 2.45) is 0 Å². The number of rotatable bonds is 10. The van der Waals surface area contributed by atoms with Gasteiger partial charge in [-0.05, 0) is 29.3 Å². The van der Waals surface area contributed by atoms with Crippen LogP contribution < -0.4 is 0 Å². The van der Waals surface area contributed by atoms with Gasteiger partial charge in [0.1, 0.15) is 19.3 Å². The standard InChI is InChI=1S/C26H34O6Si/c1-26(2,3)33(4,5)32-21(16-27)22-23(29-17-19-12-8-6-9-13-19)24(25(28)31-22)30-18-20-14-10-7-11-15-20/h6-15,21-22,27H,16-18H2,1-5H3/t21-,22+/m0/s1. The van der Waals surface area contributed by atoms with Crippen LogP contribution in [0.1, 0.15) is 31.9 Å². The average Bonchev–Trinajstić information content (AvgIpc) is 3.10. The van der Waals surface area contributed by atoms with E-state index < -0.39 is 26.5 Å². The van der Waals surface area contributed by atoms with Gasteiger partial charge in [0.2, 0.25) is 5.76 Å². The van der Waals surface area contributed by atoms with Crippen LogP contribution in [-0.4, -0.2) is 38.2 Å². The maximum atomic E-state index is 12.8. The molecule has 0 aromatic heterocycles. The van der Waals surface area contributed by atoms with Crippen LogP contribution in [-0.2, 0) is 36.6 Å². The Hall–Kier alpha value is -2.61. The van der Waals surface area contributed by atoms with E-state index in [1.165, 1.54) is 0 Å². The van der Waals surface area contributed by atoms with E-state index in [1.807, 2.05) is 60.7 Å². The summed E-state index contributed by atoms with van der Waals surface area (Å²) in [6.45, 7) is 10.7. The van der Waals surface area contributed by atoms with Crippen molar-refractivity contribution in [2.75, 3.05) is 6.61 Å². The van der Waals surface area contributed by atoms with Gasteiger partial charge in [-0.2, -0.15) is 0 Å². The summed E-state index contributed by atoms with van der Waals surface area (Å²) in [4.78, 5) is 12.8. The maximum Gasteiger partial charge on any atom is 0.378 e. The molecule has 1 aliphatic heterocycles. The minimum Gasteiger partial charge on any atom is -0.485 e. The number of aliphatic hydroxyl groups is 1. The second-order valence-electron chi connectivity index (χ2n) is 9.67. The third-order valence-electron chi connectivity index (χ3n) is 6.13. The topological polar surface area (TPSA) is 74.2 Å². The second kappa shape index (κ2) is 10.5. The molecule has 0 bridgehead atoms. The lowest BCUT2D eigenvalue weighted by atomic mass is 10.1. The molecule has 2 atom stereocenters. The zero-order valence-corrected chi connectivity index (χ0v) is 21.0. The van der Waals surface area contributed by atoms with Crippen molar-refractivity contribution in [3.05, 3.63) is 83.3 Å². The van der Waals surface area contributed by atoms with Crippen LogP contribution in [0.5, 0.6) is 0 Å². The molecule has 0 saturated heterocycles. The van der Waals surface area contributed by atoms with Crippen molar-refractivity contribution in [1.82, 2.24) is 0 Å². The zero-order valence-electron chi connectivity index (χ0n) is 20.0. The number of hydrogen-bond acceptors (Lipinski definition) is 6. The molecular weight excluding hydrogens is 436 g/mol. The molecule has 2 aromatic carbocycles. The van der Waals surface area contributed by atoms with Gasteiger partial charge in [0.25, 0.3) is 0 Å². The maximum absolute atomic E-state index is 12.8. The summed E-state index contributed by atoms with van der Waals surface area (Å²) in [5.74, 6) is -0.328. The van der Waals surface area contributed by atoms with E-state index in [9.17, 15) is 9.90 Å². The Morgan fingerprint density at radius 2 is 1.45 bits per heavy atom. The van der Waals surface area contributed by atoms with Crippen LogP contribution in [0.3, 0.4) is 0 Å². The van der Waals surface area contributed by atoms with Gasteiger partial charge in [0.05, 0.1) is 6.61 Å². The van der Waals surface area contributed by atoms with Gasteiger partial charge in [-0.25, -0.2) is 4.79 Å². The second-order valence-corrected chi connectivity index (χ2v) is 14.4. The summed E-state index contributed by atoms with van der Waals surface area (Å²) in [6, 6.07) is 19.2. The van der Waals surface area contributed by atoms with E-state index in [-0.39, 0.29) is 36.4 Å². The van der Waals surface area contributed by atoms with Crippen molar-refractivity contribution in [3.8, 4) is 0 Å². The van der Waals surface area contributed by atoms with Gasteiger partial charge in [0, 0.05) is 0 Å². The molecule has 0 amide bonds. The first-order valence-corrected chi connectivity index (χ1v) is 14.1. The fourth-order valence-corrected chi connectivity index (χ4v) is 4.50. The third kappa shape index (κ3) is 6.25. The van der Waals surface area contributed by atoms with Crippen molar-refractivity contribution in [2.45, 2.75) is 64.3 Å². The summed E-state index contributed by atoms with van der Waals surface area (Å²) in [5.41, 5.74) is 1.86. The lowest BCUT2D eigenvalue weighted by molar-refractivity contribution is -0.148. The lowest BCUT2D eigenvalue weighted by Crippen LogP contribution is -2.49. The molecule has 0 aliphatic carbocycles. The van der Waals surface area contributed by atoms with Gasteiger partial charge in [0.15, 0.2) is 20.2 Å². The quantitative estimate of drug-likeness (QED) is 0.392. The number of ether oxygens (including phenoxy) is 3. The molecule has 0 saturated carbocycles. The van der Waals surface area contributed by atoms with Crippen LogP contribution in [0.4, 0.5) is 0 Å². The monoisotopic (exact) mass is 470 g/mol. The summed E-state index contributed by atoms with van der Waals surface area (Å²) in [5, 5.41) is 10.1. The predicted octanol–water partition coefficient (Wildman–Crippen LogP) is 4.94. The van der Waals surface area contributed by atoms with Gasteiger partial charge in [-0.15, -0.1) is 0 Å². The van der Waals surface area contributed by atoms with Crippen LogP contribution in [0.25, 0.3) is 0 Å². The predicted molar refractivity (Wildman–Crippen MR) is 129 cm³/mol. The van der Waals surface area contributed by atoms with Crippen LogP contribution in [0.2, 0.25) is 18.1 Å². The Bertz CT molecular complexity index is 950. The first-order valence-electron chi connectivity index (χ1n) is 11.2. The molecule has 178 valence electrons. The highest BCUT2D eigenvalue weighted by Gasteiger charge is 2.47. The van der Waals surface area contributed by atoms with Crippen LogP contribution in [0.15, 0.2) is 72.2 Å². The SMILES string of the molecule is CC(C)(C)[Si](C)(C)O[C@@H](CO)[C@H]1OC(=O)C(OCc2ccccc2)=C1OCc1ccccc1. The van der Waals surface area contributed by atoms with Crippen molar-refractivity contribution in [3.63, 3.8) is 0 Å². The molecule has 1 aliphatic rings.